The van der Waals surface area contributed by atoms with Gasteiger partial charge in [0.2, 0.25) is 0 Å². The average molecular weight is 160 g/mol. The van der Waals surface area contributed by atoms with Crippen LogP contribution in [0.4, 0.5) is 0 Å². The maximum atomic E-state index is 5.46. The maximum Gasteiger partial charge on any atom is 0.329 e. The molecular formula is C10H13BO. The minimum atomic E-state index is 0.339. The number of rotatable bonds is 3. The van der Waals surface area contributed by atoms with E-state index in [1.54, 1.807) is 7.11 Å². The molecule has 0 amide bonds. The largest absolute Gasteiger partial charge is 0.433 e. The van der Waals surface area contributed by atoms with Crippen molar-refractivity contribution in [2.24, 2.45) is 0 Å². The molecule has 0 atom stereocenters. The predicted molar refractivity (Wildman–Crippen MR) is 51.8 cm³/mol. The number of benzene rings is 1. The van der Waals surface area contributed by atoms with Crippen LogP contribution in [0.15, 0.2) is 30.3 Å². The molecule has 1 aromatic rings. The fraction of sp³-hybridized carbons (Fsp3) is 0.400. The fourth-order valence-electron chi connectivity index (χ4n) is 1.64. The third-order valence-electron chi connectivity index (χ3n) is 2.43. The van der Waals surface area contributed by atoms with Crippen molar-refractivity contribution < 1.29 is 4.65 Å². The van der Waals surface area contributed by atoms with Crippen molar-refractivity contribution in [3.63, 3.8) is 0 Å². The lowest BCUT2D eigenvalue weighted by atomic mass is 9.56. The maximum absolute atomic E-state index is 5.46. The Balaban J connectivity index is 2.15. The van der Waals surface area contributed by atoms with Crippen LogP contribution in [-0.2, 0) is 4.65 Å². The summed E-state index contributed by atoms with van der Waals surface area (Å²) in [4.78, 5) is 0. The Kier molecular flexibility index (Phi) is 2.18. The number of hydrogen-bond donors (Lipinski definition) is 0. The van der Waals surface area contributed by atoms with Gasteiger partial charge in [0.1, 0.15) is 0 Å². The summed E-state index contributed by atoms with van der Waals surface area (Å²) in [7, 11) is 1.80. The van der Waals surface area contributed by atoms with Gasteiger partial charge in [-0.15, -0.1) is 0 Å². The molecule has 0 unspecified atom stereocenters. The van der Waals surface area contributed by atoms with Crippen molar-refractivity contribution in [3.8, 4) is 0 Å². The zero-order valence-electron chi connectivity index (χ0n) is 7.36. The highest BCUT2D eigenvalue weighted by Crippen LogP contribution is 2.38. The zero-order valence-corrected chi connectivity index (χ0v) is 7.36. The lowest BCUT2D eigenvalue weighted by Gasteiger charge is -2.09. The van der Waals surface area contributed by atoms with Gasteiger partial charge in [0.05, 0.1) is 0 Å². The summed E-state index contributed by atoms with van der Waals surface area (Å²) in [5, 5.41) is 0. The molecule has 0 spiro atoms. The Labute approximate surface area is 73.9 Å². The monoisotopic (exact) mass is 160 g/mol. The quantitative estimate of drug-likeness (QED) is 0.611. The summed E-state index contributed by atoms with van der Waals surface area (Å²) < 4.78 is 5.46. The first-order valence-corrected chi connectivity index (χ1v) is 4.49. The predicted octanol–water partition coefficient (Wildman–Crippen LogP) is 1.70. The van der Waals surface area contributed by atoms with E-state index in [0.29, 0.717) is 6.92 Å². The van der Waals surface area contributed by atoms with E-state index in [1.807, 2.05) is 6.07 Å². The topological polar surface area (TPSA) is 9.23 Å². The van der Waals surface area contributed by atoms with Gasteiger partial charge in [-0.3, -0.25) is 0 Å². The van der Waals surface area contributed by atoms with Crippen LogP contribution < -0.4 is 5.46 Å². The standard InChI is InChI=1S/C10H13BO/c1-12-11(10-7-8-10)9-5-3-2-4-6-9/h2-6,10H,7-8H2,1H3. The van der Waals surface area contributed by atoms with Gasteiger partial charge in [-0.1, -0.05) is 43.2 Å². The van der Waals surface area contributed by atoms with Crippen molar-refractivity contribution in [3.05, 3.63) is 30.3 Å². The molecular weight excluding hydrogens is 147 g/mol. The number of hydrogen-bond acceptors (Lipinski definition) is 1. The summed E-state index contributed by atoms with van der Waals surface area (Å²) in [5.41, 5.74) is 1.32. The molecule has 2 rings (SSSR count). The first-order valence-electron chi connectivity index (χ1n) is 4.49. The molecule has 0 bridgehead atoms. The molecule has 1 aliphatic rings. The van der Waals surface area contributed by atoms with Gasteiger partial charge in [0.25, 0.3) is 0 Å². The van der Waals surface area contributed by atoms with Gasteiger partial charge in [-0.05, 0) is 11.3 Å². The smallest absolute Gasteiger partial charge is 0.329 e. The van der Waals surface area contributed by atoms with Crippen molar-refractivity contribution >= 4 is 12.4 Å². The SMILES string of the molecule is COB(c1ccccc1)C1CC1. The Bertz CT molecular complexity index is 243. The Morgan fingerprint density at radius 1 is 1.25 bits per heavy atom. The molecule has 0 radical (unpaired) electrons. The lowest BCUT2D eigenvalue weighted by molar-refractivity contribution is 0.427. The van der Waals surface area contributed by atoms with E-state index in [1.165, 1.54) is 18.3 Å². The van der Waals surface area contributed by atoms with Gasteiger partial charge in [0.15, 0.2) is 0 Å². The van der Waals surface area contributed by atoms with E-state index in [4.69, 9.17) is 4.65 Å². The highest BCUT2D eigenvalue weighted by Gasteiger charge is 2.36. The molecule has 1 fully saturated rings. The minimum absolute atomic E-state index is 0.339. The second-order valence-corrected chi connectivity index (χ2v) is 3.40. The van der Waals surface area contributed by atoms with E-state index in [-0.39, 0.29) is 0 Å². The van der Waals surface area contributed by atoms with Crippen LogP contribution in [0, 0.1) is 0 Å². The van der Waals surface area contributed by atoms with Crippen molar-refractivity contribution in [1.29, 1.82) is 0 Å². The van der Waals surface area contributed by atoms with Gasteiger partial charge in [-0.2, -0.15) is 0 Å². The summed E-state index contributed by atoms with van der Waals surface area (Å²) in [5.74, 6) is 0.775. The summed E-state index contributed by atoms with van der Waals surface area (Å²) >= 11 is 0. The molecule has 0 N–H and O–H groups in total. The van der Waals surface area contributed by atoms with Crippen LogP contribution in [0.2, 0.25) is 5.82 Å². The lowest BCUT2D eigenvalue weighted by Crippen LogP contribution is -2.32. The van der Waals surface area contributed by atoms with Crippen LogP contribution in [0.5, 0.6) is 0 Å². The highest BCUT2D eigenvalue weighted by molar-refractivity contribution is 6.69. The molecule has 1 nitrogen and oxygen atoms in total. The van der Waals surface area contributed by atoms with Crippen molar-refractivity contribution in [2.75, 3.05) is 7.11 Å². The molecule has 12 heavy (non-hydrogen) atoms. The fourth-order valence-corrected chi connectivity index (χ4v) is 1.64. The molecule has 0 saturated heterocycles. The Morgan fingerprint density at radius 3 is 2.42 bits per heavy atom. The van der Waals surface area contributed by atoms with E-state index in [9.17, 15) is 0 Å². The van der Waals surface area contributed by atoms with Crippen LogP contribution in [0.1, 0.15) is 12.8 Å². The van der Waals surface area contributed by atoms with Crippen LogP contribution >= 0.6 is 0 Å². The van der Waals surface area contributed by atoms with Gasteiger partial charge in [-0.25, -0.2) is 0 Å². The first kappa shape index (κ1) is 7.87. The second kappa shape index (κ2) is 3.32. The normalized spacial score (nSPS) is 16.1. The summed E-state index contributed by atoms with van der Waals surface area (Å²) in [6.07, 6.45) is 2.65. The molecule has 0 aliphatic heterocycles. The molecule has 1 aromatic carbocycles. The molecule has 62 valence electrons. The van der Waals surface area contributed by atoms with E-state index < -0.39 is 0 Å². The van der Waals surface area contributed by atoms with Crippen molar-refractivity contribution in [2.45, 2.75) is 18.7 Å². The van der Waals surface area contributed by atoms with E-state index in [2.05, 4.69) is 24.3 Å². The second-order valence-electron chi connectivity index (χ2n) is 3.40. The summed E-state index contributed by atoms with van der Waals surface area (Å²) in [6, 6.07) is 10.5. The van der Waals surface area contributed by atoms with Gasteiger partial charge < -0.3 is 4.65 Å². The Morgan fingerprint density at radius 2 is 1.92 bits per heavy atom. The molecule has 2 heteroatoms. The van der Waals surface area contributed by atoms with Crippen LogP contribution in [0.25, 0.3) is 0 Å². The molecule has 1 aliphatic carbocycles. The van der Waals surface area contributed by atoms with Gasteiger partial charge in [0, 0.05) is 7.11 Å². The van der Waals surface area contributed by atoms with Crippen LogP contribution in [-0.4, -0.2) is 14.0 Å². The zero-order chi connectivity index (χ0) is 8.39. The van der Waals surface area contributed by atoms with Gasteiger partial charge >= 0.3 is 6.92 Å². The summed E-state index contributed by atoms with van der Waals surface area (Å²) in [6.45, 7) is 0.339. The molecule has 0 aromatic heterocycles. The van der Waals surface area contributed by atoms with Crippen LogP contribution in [0.3, 0.4) is 0 Å². The molecule has 1 saturated carbocycles. The highest BCUT2D eigenvalue weighted by atomic mass is 16.4. The third kappa shape index (κ3) is 1.53. The van der Waals surface area contributed by atoms with E-state index >= 15 is 0 Å². The third-order valence-corrected chi connectivity index (χ3v) is 2.43. The molecule has 0 heterocycles. The van der Waals surface area contributed by atoms with E-state index in [0.717, 1.165) is 5.82 Å². The van der Waals surface area contributed by atoms with Crippen molar-refractivity contribution in [1.82, 2.24) is 0 Å². The first-order chi connectivity index (χ1) is 5.92. The minimum Gasteiger partial charge on any atom is -0.433 e. The Hall–Kier alpha value is -0.755. The average Bonchev–Trinajstić information content (AvgIpc) is 2.92.